The van der Waals surface area contributed by atoms with E-state index in [-0.39, 0.29) is 18.3 Å². The van der Waals surface area contributed by atoms with E-state index >= 15 is 0 Å². The first-order valence-electron chi connectivity index (χ1n) is 10.3. The van der Waals surface area contributed by atoms with E-state index in [1.54, 1.807) is 24.3 Å². The molecule has 3 atom stereocenters. The number of hydrogen-bond donors (Lipinski definition) is 2. The van der Waals surface area contributed by atoms with Crippen LogP contribution >= 0.6 is 0 Å². The van der Waals surface area contributed by atoms with Gasteiger partial charge in [-0.15, -0.1) is 0 Å². The topological polar surface area (TPSA) is 113 Å². The second-order valence-corrected chi connectivity index (χ2v) is 10.2. The van der Waals surface area contributed by atoms with Crippen molar-refractivity contribution in [1.82, 2.24) is 9.97 Å². The molecule has 0 spiro atoms. The van der Waals surface area contributed by atoms with E-state index in [2.05, 4.69) is 9.97 Å². The van der Waals surface area contributed by atoms with Gasteiger partial charge in [-0.25, -0.2) is 27.1 Å². The quantitative estimate of drug-likeness (QED) is 0.674. The summed E-state index contributed by atoms with van der Waals surface area (Å²) < 4.78 is 44.2. The zero-order valence-corrected chi connectivity index (χ0v) is 19.3. The van der Waals surface area contributed by atoms with Crippen molar-refractivity contribution in [2.24, 2.45) is 0 Å². The summed E-state index contributed by atoms with van der Waals surface area (Å²) in [5.74, 6) is -0.490. The molecule has 2 aromatic rings. The van der Waals surface area contributed by atoms with E-state index in [0.29, 0.717) is 28.9 Å². The molecule has 2 heterocycles. The van der Waals surface area contributed by atoms with Gasteiger partial charge in [0.25, 0.3) is 0 Å². The normalized spacial score (nSPS) is 21.9. The van der Waals surface area contributed by atoms with Crippen LogP contribution in [0.25, 0.3) is 17.3 Å². The number of anilines is 1. The van der Waals surface area contributed by atoms with Gasteiger partial charge in [0.15, 0.2) is 6.29 Å². The van der Waals surface area contributed by atoms with Crippen molar-refractivity contribution in [3.63, 3.8) is 0 Å². The highest BCUT2D eigenvalue weighted by Crippen LogP contribution is 2.32. The van der Waals surface area contributed by atoms with Gasteiger partial charge < -0.3 is 14.9 Å². The summed E-state index contributed by atoms with van der Waals surface area (Å²) in [6.45, 7) is 3.84. The smallest absolute Gasteiger partial charge is 0.239 e. The van der Waals surface area contributed by atoms with Gasteiger partial charge in [-0.3, -0.25) is 0 Å². The molecular weight excluding hydrogens is 437 g/mol. The molecule has 32 heavy (non-hydrogen) atoms. The first-order chi connectivity index (χ1) is 15.0. The van der Waals surface area contributed by atoms with Gasteiger partial charge in [0.1, 0.15) is 5.82 Å². The van der Waals surface area contributed by atoms with Crippen molar-refractivity contribution in [1.29, 1.82) is 0 Å². The zero-order valence-electron chi connectivity index (χ0n) is 18.4. The van der Waals surface area contributed by atoms with E-state index < -0.39 is 34.3 Å². The summed E-state index contributed by atoms with van der Waals surface area (Å²) in [6.07, 6.45) is 2.73. The Kier molecular flexibility index (Phi) is 7.29. The summed E-state index contributed by atoms with van der Waals surface area (Å²) in [4.78, 5) is 9.00. The molecule has 1 aliphatic rings. The zero-order chi connectivity index (χ0) is 23.6. The van der Waals surface area contributed by atoms with Crippen molar-refractivity contribution in [2.75, 3.05) is 17.6 Å². The number of aliphatic hydroxyl groups excluding tert-OH is 2. The van der Waals surface area contributed by atoms with E-state index in [4.69, 9.17) is 4.74 Å². The molecule has 0 aliphatic carbocycles. The van der Waals surface area contributed by atoms with Crippen molar-refractivity contribution in [2.45, 2.75) is 51.1 Å². The Hall–Kier alpha value is -2.40. The van der Waals surface area contributed by atoms with Crippen molar-refractivity contribution in [3.05, 3.63) is 47.4 Å². The van der Waals surface area contributed by atoms with Crippen LogP contribution in [0.15, 0.2) is 30.3 Å². The second-order valence-electron chi connectivity index (χ2n) is 8.18. The Labute approximate surface area is 187 Å². The van der Waals surface area contributed by atoms with Crippen LogP contribution in [0.2, 0.25) is 0 Å². The lowest BCUT2D eigenvalue weighted by atomic mass is 9.97. The van der Waals surface area contributed by atoms with E-state index in [9.17, 15) is 23.0 Å². The minimum Gasteiger partial charge on any atom is -0.393 e. The lowest BCUT2D eigenvalue weighted by Gasteiger charge is -2.28. The third-order valence-corrected chi connectivity index (χ3v) is 6.35. The van der Waals surface area contributed by atoms with Crippen molar-refractivity contribution < 1.29 is 27.8 Å². The van der Waals surface area contributed by atoms with E-state index in [1.165, 1.54) is 19.2 Å². The third kappa shape index (κ3) is 5.69. The van der Waals surface area contributed by atoms with Crippen LogP contribution in [0.1, 0.15) is 43.9 Å². The molecule has 1 aromatic carbocycles. The van der Waals surface area contributed by atoms with Gasteiger partial charge in [-0.05, 0) is 30.2 Å². The molecule has 10 heteroatoms. The number of hydrogen-bond acceptors (Lipinski definition) is 7. The fourth-order valence-corrected chi connectivity index (χ4v) is 3.81. The van der Waals surface area contributed by atoms with Crippen LogP contribution in [-0.4, -0.2) is 60.4 Å². The highest BCUT2D eigenvalue weighted by Gasteiger charge is 2.26. The molecule has 0 saturated carbocycles. The molecule has 174 valence electrons. The summed E-state index contributed by atoms with van der Waals surface area (Å²) in [5.41, 5.74) is 2.24. The number of halogens is 1. The maximum absolute atomic E-state index is 13.5. The molecule has 1 fully saturated rings. The monoisotopic (exact) mass is 465 g/mol. The number of benzene rings is 1. The largest absolute Gasteiger partial charge is 0.393 e. The van der Waals surface area contributed by atoms with Gasteiger partial charge in [-0.1, -0.05) is 26.0 Å². The van der Waals surface area contributed by atoms with Crippen LogP contribution in [0.5, 0.6) is 0 Å². The Morgan fingerprint density at radius 3 is 2.41 bits per heavy atom. The molecule has 8 nitrogen and oxygen atoms in total. The lowest BCUT2D eigenvalue weighted by molar-refractivity contribution is -0.175. The fourth-order valence-electron chi connectivity index (χ4n) is 3.43. The van der Waals surface area contributed by atoms with Gasteiger partial charge in [0.2, 0.25) is 16.0 Å². The van der Waals surface area contributed by atoms with Gasteiger partial charge in [-0.2, -0.15) is 0 Å². The molecule has 2 N–H and O–H groups in total. The summed E-state index contributed by atoms with van der Waals surface area (Å²) in [5, 5.41) is 19.7. The Morgan fingerprint density at radius 2 is 1.84 bits per heavy atom. The molecular formula is C22H28FN3O5S. The van der Waals surface area contributed by atoms with Gasteiger partial charge in [0, 0.05) is 31.0 Å². The Balaban J connectivity index is 2.16. The summed E-state index contributed by atoms with van der Waals surface area (Å²) in [6, 6.07) is 5.73. The van der Waals surface area contributed by atoms with Gasteiger partial charge >= 0.3 is 0 Å². The van der Waals surface area contributed by atoms with Crippen LogP contribution in [0.3, 0.4) is 0 Å². The number of rotatable bonds is 6. The minimum atomic E-state index is -3.60. The SMILES string of the molecule is CC(C)c1nc(N(C)S(C)(=O)=O)nc(-c2ccc(F)cc2)c1/C=C/C1CC(O)CC(O)O1. The third-order valence-electron chi connectivity index (χ3n) is 5.19. The summed E-state index contributed by atoms with van der Waals surface area (Å²) in [7, 11) is -2.23. The lowest BCUT2D eigenvalue weighted by Crippen LogP contribution is -2.34. The standard InChI is InChI=1S/C22H28FN3O5S/c1-13(2)20-18(10-9-17-11-16(27)12-19(28)31-17)21(14-5-7-15(23)8-6-14)25-22(24-20)26(3)32(4,29)30/h5-10,13,16-17,19,27-28H,11-12H2,1-4H3/b10-9+. The Bertz CT molecular complexity index is 1080. The maximum atomic E-state index is 13.5. The predicted octanol–water partition coefficient (Wildman–Crippen LogP) is 2.67. The number of aliphatic hydroxyl groups is 2. The minimum absolute atomic E-state index is 0.00689. The Morgan fingerprint density at radius 1 is 1.19 bits per heavy atom. The maximum Gasteiger partial charge on any atom is 0.239 e. The van der Waals surface area contributed by atoms with Crippen LogP contribution in [0, 0.1) is 5.82 Å². The molecule has 3 unspecified atom stereocenters. The fraction of sp³-hybridized carbons (Fsp3) is 0.455. The van der Waals surface area contributed by atoms with Crippen LogP contribution in [-0.2, 0) is 14.8 Å². The highest BCUT2D eigenvalue weighted by atomic mass is 32.2. The van der Waals surface area contributed by atoms with Gasteiger partial charge in [0.05, 0.1) is 29.9 Å². The predicted molar refractivity (Wildman–Crippen MR) is 120 cm³/mol. The van der Waals surface area contributed by atoms with E-state index in [1.807, 2.05) is 13.8 Å². The number of sulfonamides is 1. The molecule has 0 bridgehead atoms. The molecule has 3 rings (SSSR count). The number of nitrogens with zero attached hydrogens (tertiary/aromatic N) is 3. The number of ether oxygens (including phenoxy) is 1. The number of aromatic nitrogens is 2. The first kappa shape index (κ1) is 24.2. The highest BCUT2D eigenvalue weighted by molar-refractivity contribution is 7.92. The average Bonchev–Trinajstić information content (AvgIpc) is 2.70. The van der Waals surface area contributed by atoms with E-state index in [0.717, 1.165) is 10.6 Å². The molecule has 0 radical (unpaired) electrons. The molecule has 1 aliphatic heterocycles. The summed E-state index contributed by atoms with van der Waals surface area (Å²) >= 11 is 0. The van der Waals surface area contributed by atoms with Crippen LogP contribution < -0.4 is 4.31 Å². The van der Waals surface area contributed by atoms with Crippen molar-refractivity contribution in [3.8, 4) is 11.3 Å². The molecule has 1 saturated heterocycles. The van der Waals surface area contributed by atoms with Crippen LogP contribution in [0.4, 0.5) is 10.3 Å². The van der Waals surface area contributed by atoms with Crippen molar-refractivity contribution >= 4 is 22.0 Å². The molecule has 1 aromatic heterocycles. The second kappa shape index (κ2) is 9.62. The molecule has 0 amide bonds. The first-order valence-corrected chi connectivity index (χ1v) is 12.1. The average molecular weight is 466 g/mol.